The maximum Gasteiger partial charge on any atom is 0.0928 e. The van der Waals surface area contributed by atoms with Crippen molar-refractivity contribution in [2.75, 3.05) is 0 Å². The van der Waals surface area contributed by atoms with Crippen LogP contribution in [0.25, 0.3) is 0 Å². The first-order valence-electron chi connectivity index (χ1n) is 5.29. The second-order valence-corrected chi connectivity index (χ2v) is 4.46. The van der Waals surface area contributed by atoms with Crippen LogP contribution in [0.1, 0.15) is 49.2 Å². The Labute approximate surface area is 85.2 Å². The standard InChI is InChI=1S/C11H19NS/c1-4-7-8-9-10(5-2)13-11(6-3)12-9/h4-8H2,1-3H3. The quantitative estimate of drug-likeness (QED) is 0.702. The predicted molar refractivity (Wildman–Crippen MR) is 59.5 cm³/mol. The molecule has 0 spiro atoms. The summed E-state index contributed by atoms with van der Waals surface area (Å²) in [5, 5.41) is 1.31. The van der Waals surface area contributed by atoms with Gasteiger partial charge in [-0.1, -0.05) is 27.2 Å². The van der Waals surface area contributed by atoms with Crippen LogP contribution in [0.4, 0.5) is 0 Å². The van der Waals surface area contributed by atoms with E-state index in [1.807, 2.05) is 11.3 Å². The lowest BCUT2D eigenvalue weighted by Crippen LogP contribution is -1.90. The van der Waals surface area contributed by atoms with Crippen molar-refractivity contribution in [1.29, 1.82) is 0 Å². The Kier molecular flexibility index (Phi) is 4.43. The number of thiazole rings is 1. The zero-order valence-electron chi connectivity index (χ0n) is 8.89. The summed E-state index contributed by atoms with van der Waals surface area (Å²) < 4.78 is 0. The molecule has 0 saturated carbocycles. The molecule has 0 fully saturated rings. The minimum absolute atomic E-state index is 1.09. The average molecular weight is 197 g/mol. The Morgan fingerprint density at radius 3 is 2.46 bits per heavy atom. The first kappa shape index (κ1) is 10.7. The minimum Gasteiger partial charge on any atom is -0.246 e. The summed E-state index contributed by atoms with van der Waals surface area (Å²) in [5.41, 5.74) is 1.37. The van der Waals surface area contributed by atoms with Crippen LogP contribution < -0.4 is 0 Å². The molecule has 13 heavy (non-hydrogen) atoms. The molecule has 0 aliphatic heterocycles. The molecule has 0 aliphatic carbocycles. The van der Waals surface area contributed by atoms with Crippen molar-refractivity contribution in [1.82, 2.24) is 4.98 Å². The molecule has 1 aromatic rings. The Balaban J connectivity index is 2.71. The first-order chi connectivity index (χ1) is 6.31. The fourth-order valence-electron chi connectivity index (χ4n) is 1.40. The predicted octanol–water partition coefficient (Wildman–Crippen LogP) is 3.61. The van der Waals surface area contributed by atoms with Gasteiger partial charge >= 0.3 is 0 Å². The number of hydrogen-bond donors (Lipinski definition) is 0. The van der Waals surface area contributed by atoms with E-state index >= 15 is 0 Å². The first-order valence-corrected chi connectivity index (χ1v) is 6.10. The maximum atomic E-state index is 4.66. The van der Waals surface area contributed by atoms with Gasteiger partial charge in [-0.3, -0.25) is 0 Å². The summed E-state index contributed by atoms with van der Waals surface area (Å²) in [5.74, 6) is 0. The van der Waals surface area contributed by atoms with Gasteiger partial charge < -0.3 is 0 Å². The molecule has 0 amide bonds. The van der Waals surface area contributed by atoms with Crippen LogP contribution in [0, 0.1) is 0 Å². The maximum absolute atomic E-state index is 4.66. The third-order valence-corrected chi connectivity index (χ3v) is 3.60. The molecule has 1 heterocycles. The third kappa shape index (κ3) is 2.80. The largest absolute Gasteiger partial charge is 0.246 e. The van der Waals surface area contributed by atoms with Gasteiger partial charge in [0.2, 0.25) is 0 Å². The Bertz CT molecular complexity index is 253. The molecule has 1 rings (SSSR count). The van der Waals surface area contributed by atoms with Crippen LogP contribution in [-0.2, 0) is 19.3 Å². The number of rotatable bonds is 5. The lowest BCUT2D eigenvalue weighted by molar-refractivity contribution is 0.770. The molecule has 0 N–H and O–H groups in total. The zero-order chi connectivity index (χ0) is 9.68. The second kappa shape index (κ2) is 5.38. The van der Waals surface area contributed by atoms with Gasteiger partial charge in [0.1, 0.15) is 0 Å². The van der Waals surface area contributed by atoms with E-state index in [-0.39, 0.29) is 0 Å². The smallest absolute Gasteiger partial charge is 0.0928 e. The molecular weight excluding hydrogens is 178 g/mol. The van der Waals surface area contributed by atoms with Crippen LogP contribution in [0.15, 0.2) is 0 Å². The van der Waals surface area contributed by atoms with E-state index in [2.05, 4.69) is 25.8 Å². The second-order valence-electron chi connectivity index (χ2n) is 3.29. The number of nitrogens with zero attached hydrogens (tertiary/aromatic N) is 1. The molecule has 0 unspecified atom stereocenters. The Morgan fingerprint density at radius 1 is 1.15 bits per heavy atom. The third-order valence-electron chi connectivity index (χ3n) is 2.21. The highest BCUT2D eigenvalue weighted by Crippen LogP contribution is 2.21. The summed E-state index contributed by atoms with van der Waals surface area (Å²) in [7, 11) is 0. The minimum atomic E-state index is 1.09. The molecule has 2 heteroatoms. The molecule has 0 radical (unpaired) electrons. The monoisotopic (exact) mass is 197 g/mol. The van der Waals surface area contributed by atoms with Crippen molar-refractivity contribution in [2.45, 2.75) is 52.9 Å². The molecule has 0 aromatic carbocycles. The number of hydrogen-bond acceptors (Lipinski definition) is 2. The molecule has 0 saturated heterocycles. The van der Waals surface area contributed by atoms with Gasteiger partial charge in [0.05, 0.1) is 10.7 Å². The zero-order valence-corrected chi connectivity index (χ0v) is 9.71. The van der Waals surface area contributed by atoms with Gasteiger partial charge in [-0.05, 0) is 25.7 Å². The van der Waals surface area contributed by atoms with Gasteiger partial charge in [-0.2, -0.15) is 0 Å². The highest BCUT2D eigenvalue weighted by atomic mass is 32.1. The van der Waals surface area contributed by atoms with Crippen molar-refractivity contribution < 1.29 is 0 Å². The lowest BCUT2D eigenvalue weighted by Gasteiger charge is -1.96. The number of aryl methyl sites for hydroxylation is 3. The molecule has 0 atom stereocenters. The van der Waals surface area contributed by atoms with Crippen molar-refractivity contribution in [3.63, 3.8) is 0 Å². The van der Waals surface area contributed by atoms with E-state index in [9.17, 15) is 0 Å². The summed E-state index contributed by atoms with van der Waals surface area (Å²) in [4.78, 5) is 6.16. The molecule has 1 aromatic heterocycles. The van der Waals surface area contributed by atoms with E-state index in [1.165, 1.54) is 34.8 Å². The lowest BCUT2D eigenvalue weighted by atomic mass is 10.2. The van der Waals surface area contributed by atoms with E-state index in [0.29, 0.717) is 0 Å². The van der Waals surface area contributed by atoms with Crippen LogP contribution >= 0.6 is 11.3 Å². The summed E-state index contributed by atoms with van der Waals surface area (Å²) >= 11 is 1.90. The topological polar surface area (TPSA) is 12.9 Å². The van der Waals surface area contributed by atoms with E-state index in [4.69, 9.17) is 0 Å². The summed E-state index contributed by atoms with van der Waals surface area (Å²) in [6, 6.07) is 0. The van der Waals surface area contributed by atoms with Crippen LogP contribution in [0.3, 0.4) is 0 Å². The SMILES string of the molecule is CCCCc1nc(CC)sc1CC. The van der Waals surface area contributed by atoms with Crippen LogP contribution in [-0.4, -0.2) is 4.98 Å². The van der Waals surface area contributed by atoms with Gasteiger partial charge in [0.15, 0.2) is 0 Å². The summed E-state index contributed by atoms with van der Waals surface area (Å²) in [6.45, 7) is 6.64. The van der Waals surface area contributed by atoms with Gasteiger partial charge in [-0.25, -0.2) is 4.98 Å². The van der Waals surface area contributed by atoms with Crippen LogP contribution in [0.5, 0.6) is 0 Å². The van der Waals surface area contributed by atoms with E-state index in [1.54, 1.807) is 0 Å². The van der Waals surface area contributed by atoms with Crippen molar-refractivity contribution >= 4 is 11.3 Å². The van der Waals surface area contributed by atoms with Crippen molar-refractivity contribution in [2.24, 2.45) is 0 Å². The van der Waals surface area contributed by atoms with Crippen LogP contribution in [0.2, 0.25) is 0 Å². The Hall–Kier alpha value is -0.370. The van der Waals surface area contributed by atoms with Gasteiger partial charge in [0, 0.05) is 4.88 Å². The van der Waals surface area contributed by atoms with E-state index < -0.39 is 0 Å². The molecule has 74 valence electrons. The normalized spacial score (nSPS) is 10.7. The highest BCUT2D eigenvalue weighted by molar-refractivity contribution is 7.11. The van der Waals surface area contributed by atoms with E-state index in [0.717, 1.165) is 12.8 Å². The van der Waals surface area contributed by atoms with Crippen molar-refractivity contribution in [3.8, 4) is 0 Å². The highest BCUT2D eigenvalue weighted by Gasteiger charge is 2.07. The molecular formula is C11H19NS. The fraction of sp³-hybridized carbons (Fsp3) is 0.727. The Morgan fingerprint density at radius 2 is 1.92 bits per heavy atom. The molecule has 1 nitrogen and oxygen atoms in total. The van der Waals surface area contributed by atoms with Gasteiger partial charge in [0.25, 0.3) is 0 Å². The molecule has 0 aliphatic rings. The number of aromatic nitrogens is 1. The van der Waals surface area contributed by atoms with Gasteiger partial charge in [-0.15, -0.1) is 11.3 Å². The number of unbranched alkanes of at least 4 members (excludes halogenated alkanes) is 1. The summed E-state index contributed by atoms with van der Waals surface area (Å²) in [6.07, 6.45) is 5.96. The fourth-order valence-corrected chi connectivity index (χ4v) is 2.40. The average Bonchev–Trinajstić information content (AvgIpc) is 2.57. The van der Waals surface area contributed by atoms with Crippen molar-refractivity contribution in [3.05, 3.63) is 15.6 Å². The molecule has 0 bridgehead atoms.